The van der Waals surface area contributed by atoms with E-state index >= 15 is 0 Å². The van der Waals surface area contributed by atoms with Crippen molar-refractivity contribution in [3.8, 4) is 6.07 Å². The Bertz CT molecular complexity index is 581. The number of hydrogen-bond acceptors (Lipinski definition) is 1. The van der Waals surface area contributed by atoms with Crippen molar-refractivity contribution >= 4 is 15.9 Å². The fourth-order valence-corrected chi connectivity index (χ4v) is 2.63. The Morgan fingerprint density at radius 3 is 2.25 bits per heavy atom. The highest BCUT2D eigenvalue weighted by atomic mass is 79.9. The molecule has 0 heterocycles. The first kappa shape index (κ1) is 16.7. The summed E-state index contributed by atoms with van der Waals surface area (Å²) in [4.78, 5) is 0. The van der Waals surface area contributed by atoms with Crippen molar-refractivity contribution in [1.82, 2.24) is 0 Å². The second-order valence-corrected chi connectivity index (χ2v) is 5.37. The van der Waals surface area contributed by atoms with Crippen LogP contribution in [0.4, 0.5) is 0 Å². The SMILES string of the molecule is C[C@H]([NH2+][C@@H](C#N)c1ccccc1Br)c1ccccc1.[Cl-]. The number of nitrogens with two attached hydrogens (primary N) is 1. The molecule has 20 heavy (non-hydrogen) atoms. The number of nitrogens with zero attached hydrogens (tertiary/aromatic N) is 1. The molecule has 0 saturated carbocycles. The summed E-state index contributed by atoms with van der Waals surface area (Å²) in [5, 5.41) is 11.5. The van der Waals surface area contributed by atoms with Gasteiger partial charge in [-0.15, -0.1) is 0 Å². The van der Waals surface area contributed by atoms with E-state index in [1.165, 1.54) is 5.56 Å². The number of quaternary nitrogens is 1. The smallest absolute Gasteiger partial charge is 0.200 e. The van der Waals surface area contributed by atoms with Gasteiger partial charge < -0.3 is 17.7 Å². The van der Waals surface area contributed by atoms with E-state index in [1.54, 1.807) is 0 Å². The van der Waals surface area contributed by atoms with Crippen molar-refractivity contribution < 1.29 is 17.7 Å². The maximum atomic E-state index is 9.40. The van der Waals surface area contributed by atoms with Gasteiger partial charge in [-0.2, -0.15) is 5.26 Å². The minimum Gasteiger partial charge on any atom is -1.00 e. The summed E-state index contributed by atoms with van der Waals surface area (Å²) in [7, 11) is 0. The third kappa shape index (κ3) is 4.08. The van der Waals surface area contributed by atoms with Gasteiger partial charge >= 0.3 is 0 Å². The molecule has 2 aromatic carbocycles. The lowest BCUT2D eigenvalue weighted by Gasteiger charge is -2.16. The van der Waals surface area contributed by atoms with Gasteiger partial charge in [-0.05, 0) is 13.0 Å². The van der Waals surface area contributed by atoms with Crippen molar-refractivity contribution in [2.45, 2.75) is 19.0 Å². The molecule has 0 aliphatic heterocycles. The van der Waals surface area contributed by atoms with Crippen molar-refractivity contribution in [3.63, 3.8) is 0 Å². The van der Waals surface area contributed by atoms with E-state index in [2.05, 4.69) is 46.4 Å². The van der Waals surface area contributed by atoms with Crippen LogP contribution in [0.1, 0.15) is 30.1 Å². The van der Waals surface area contributed by atoms with Crippen molar-refractivity contribution in [1.29, 1.82) is 5.26 Å². The Morgan fingerprint density at radius 1 is 1.05 bits per heavy atom. The third-order valence-corrected chi connectivity index (χ3v) is 3.91. The van der Waals surface area contributed by atoms with Crippen LogP contribution in [0.2, 0.25) is 0 Å². The van der Waals surface area contributed by atoms with E-state index in [0.717, 1.165) is 10.0 Å². The topological polar surface area (TPSA) is 40.4 Å². The lowest BCUT2D eigenvalue weighted by molar-refractivity contribution is -0.720. The minimum atomic E-state index is -0.203. The lowest BCUT2D eigenvalue weighted by atomic mass is 10.0. The van der Waals surface area contributed by atoms with E-state index in [-0.39, 0.29) is 24.5 Å². The van der Waals surface area contributed by atoms with Crippen LogP contribution < -0.4 is 17.7 Å². The second kappa shape index (κ2) is 8.06. The molecular weight excluding hydrogens is 336 g/mol. The second-order valence-electron chi connectivity index (χ2n) is 4.52. The molecule has 2 nitrogen and oxygen atoms in total. The standard InChI is InChI=1S/C16H15BrN2.ClH/c1-12(13-7-3-2-4-8-13)19-16(11-18)14-9-5-6-10-15(14)17;/h2-10,12,16,19H,1H3;1H/t12-,16-;/m0./s1. The summed E-state index contributed by atoms with van der Waals surface area (Å²) in [5.41, 5.74) is 2.25. The molecule has 0 aliphatic rings. The van der Waals surface area contributed by atoms with E-state index in [9.17, 15) is 5.26 Å². The number of hydrogen-bond donors (Lipinski definition) is 1. The molecule has 4 heteroatoms. The van der Waals surface area contributed by atoms with Crippen molar-refractivity contribution in [2.24, 2.45) is 0 Å². The molecule has 0 unspecified atom stereocenters. The Kier molecular flexibility index (Phi) is 6.74. The highest BCUT2D eigenvalue weighted by Crippen LogP contribution is 2.21. The van der Waals surface area contributed by atoms with Crippen LogP contribution >= 0.6 is 15.9 Å². The quantitative estimate of drug-likeness (QED) is 0.848. The van der Waals surface area contributed by atoms with Crippen LogP contribution in [-0.2, 0) is 0 Å². The molecule has 0 saturated heterocycles. The average molecular weight is 352 g/mol. The van der Waals surface area contributed by atoms with Gasteiger partial charge in [-0.1, -0.05) is 64.5 Å². The Hall–Kier alpha value is -1.34. The van der Waals surface area contributed by atoms with Gasteiger partial charge in [0, 0.05) is 15.6 Å². The summed E-state index contributed by atoms with van der Waals surface area (Å²) >= 11 is 3.51. The fourth-order valence-electron chi connectivity index (χ4n) is 2.10. The first-order chi connectivity index (χ1) is 9.22. The van der Waals surface area contributed by atoms with Crippen LogP contribution in [0, 0.1) is 11.3 Å². The van der Waals surface area contributed by atoms with Gasteiger partial charge in [0.2, 0.25) is 6.04 Å². The van der Waals surface area contributed by atoms with Crippen LogP contribution in [0.3, 0.4) is 0 Å². The Morgan fingerprint density at radius 2 is 1.65 bits per heavy atom. The first-order valence-corrected chi connectivity index (χ1v) is 7.05. The van der Waals surface area contributed by atoms with Gasteiger partial charge in [0.25, 0.3) is 0 Å². The maximum Gasteiger partial charge on any atom is 0.200 e. The molecule has 2 atom stereocenters. The highest BCUT2D eigenvalue weighted by molar-refractivity contribution is 9.10. The van der Waals surface area contributed by atoms with Crippen LogP contribution in [0.25, 0.3) is 0 Å². The monoisotopic (exact) mass is 350 g/mol. The molecule has 2 rings (SSSR count). The molecule has 0 aliphatic carbocycles. The molecule has 2 aromatic rings. The van der Waals surface area contributed by atoms with E-state index in [4.69, 9.17) is 0 Å². The number of halogens is 2. The van der Waals surface area contributed by atoms with Gasteiger partial charge in [-0.25, -0.2) is 0 Å². The molecule has 0 radical (unpaired) electrons. The molecule has 0 aromatic heterocycles. The molecule has 104 valence electrons. The van der Waals surface area contributed by atoms with E-state index in [0.29, 0.717) is 0 Å². The molecule has 0 spiro atoms. The molecule has 0 bridgehead atoms. The zero-order valence-electron chi connectivity index (χ0n) is 11.1. The third-order valence-electron chi connectivity index (χ3n) is 3.19. The number of rotatable bonds is 4. The minimum absolute atomic E-state index is 0. The van der Waals surface area contributed by atoms with Crippen LogP contribution in [-0.4, -0.2) is 0 Å². The molecular formula is C16H16BrClN2. The molecule has 0 amide bonds. The zero-order valence-corrected chi connectivity index (χ0v) is 13.5. The summed E-state index contributed by atoms with van der Waals surface area (Å²) < 4.78 is 0.984. The normalized spacial score (nSPS) is 12.8. The summed E-state index contributed by atoms with van der Waals surface area (Å²) in [6.45, 7) is 2.12. The predicted octanol–water partition coefficient (Wildman–Crippen LogP) is 0.342. The van der Waals surface area contributed by atoms with Crippen molar-refractivity contribution in [3.05, 3.63) is 70.2 Å². The largest absolute Gasteiger partial charge is 1.00 e. The predicted molar refractivity (Wildman–Crippen MR) is 79.3 cm³/mol. The Labute approximate surface area is 134 Å². The van der Waals surface area contributed by atoms with Gasteiger partial charge in [0.05, 0.1) is 0 Å². The summed E-state index contributed by atoms with van der Waals surface area (Å²) in [5.74, 6) is 0. The van der Waals surface area contributed by atoms with Gasteiger partial charge in [0.15, 0.2) is 0 Å². The number of nitriles is 1. The van der Waals surface area contributed by atoms with Crippen molar-refractivity contribution in [2.75, 3.05) is 0 Å². The maximum absolute atomic E-state index is 9.40. The van der Waals surface area contributed by atoms with Crippen LogP contribution in [0.15, 0.2) is 59.1 Å². The summed E-state index contributed by atoms with van der Waals surface area (Å²) in [6, 6.07) is 20.6. The fraction of sp³-hybridized carbons (Fsp3) is 0.188. The highest BCUT2D eigenvalue weighted by Gasteiger charge is 2.20. The van der Waals surface area contributed by atoms with E-state index < -0.39 is 0 Å². The van der Waals surface area contributed by atoms with E-state index in [1.807, 2.05) is 42.5 Å². The molecule has 2 N–H and O–H groups in total. The zero-order chi connectivity index (χ0) is 13.7. The van der Waals surface area contributed by atoms with Crippen LogP contribution in [0.5, 0.6) is 0 Å². The Balaban J connectivity index is 0.00000200. The van der Waals surface area contributed by atoms with Gasteiger partial charge in [0.1, 0.15) is 12.1 Å². The summed E-state index contributed by atoms with van der Waals surface area (Å²) in [6.07, 6.45) is 0. The average Bonchev–Trinajstić information content (AvgIpc) is 2.46. The van der Waals surface area contributed by atoms with Gasteiger partial charge in [-0.3, -0.25) is 0 Å². The molecule has 0 fully saturated rings. The lowest BCUT2D eigenvalue weighted by Crippen LogP contribution is -3.00. The number of benzene rings is 2. The first-order valence-electron chi connectivity index (χ1n) is 6.26.